The van der Waals surface area contributed by atoms with Gasteiger partial charge in [-0.25, -0.2) is 0 Å². The van der Waals surface area contributed by atoms with E-state index in [1.165, 1.54) is 19.2 Å². The van der Waals surface area contributed by atoms with E-state index in [9.17, 15) is 18.0 Å². The maximum Gasteiger partial charge on any atom is 0.417 e. The number of carbonyl (C=O) groups is 1. The number of benzene rings is 2. The van der Waals surface area contributed by atoms with E-state index in [0.29, 0.717) is 11.4 Å². The molecule has 1 unspecified atom stereocenters. The number of carbonyl (C=O) groups excluding carboxylic acids is 1. The van der Waals surface area contributed by atoms with Crippen molar-refractivity contribution in [3.05, 3.63) is 66.0 Å². The van der Waals surface area contributed by atoms with Crippen molar-refractivity contribution in [1.29, 1.82) is 5.26 Å². The Labute approximate surface area is 159 Å². The molecule has 8 heteroatoms. The average Bonchev–Trinajstić information content (AvgIpc) is 2.89. The van der Waals surface area contributed by atoms with E-state index in [2.05, 4.69) is 6.58 Å². The maximum absolute atomic E-state index is 13.3. The van der Waals surface area contributed by atoms with Gasteiger partial charge in [0, 0.05) is 5.69 Å². The number of nitrogens with zero attached hydrogens (tertiary/aromatic N) is 3. The zero-order valence-electron chi connectivity index (χ0n) is 15.1. The van der Waals surface area contributed by atoms with E-state index in [1.807, 2.05) is 0 Å². The molecule has 0 aliphatic carbocycles. The third-order valence-electron chi connectivity index (χ3n) is 4.54. The summed E-state index contributed by atoms with van der Waals surface area (Å²) in [6.45, 7) is 5.55. The van der Waals surface area contributed by atoms with Crippen LogP contribution in [0.25, 0.3) is 0 Å². The molecule has 1 aliphatic rings. The summed E-state index contributed by atoms with van der Waals surface area (Å²) in [7, 11) is 1.53. The molecule has 1 atom stereocenters. The molecule has 0 bridgehead atoms. The second-order valence-corrected chi connectivity index (χ2v) is 6.17. The molecule has 2 aromatic rings. The monoisotopic (exact) mass is 387 g/mol. The molecule has 0 saturated carbocycles. The number of methoxy groups -OCH3 is 1. The zero-order chi connectivity index (χ0) is 20.6. The number of alkyl halides is 3. The van der Waals surface area contributed by atoms with Gasteiger partial charge >= 0.3 is 6.18 Å². The van der Waals surface area contributed by atoms with Crippen molar-refractivity contribution >= 4 is 17.3 Å². The molecule has 1 fully saturated rings. The Morgan fingerprint density at radius 3 is 2.29 bits per heavy atom. The number of hydrogen-bond donors (Lipinski definition) is 0. The Morgan fingerprint density at radius 2 is 1.75 bits per heavy atom. The van der Waals surface area contributed by atoms with Crippen LogP contribution in [0.2, 0.25) is 0 Å². The van der Waals surface area contributed by atoms with Crippen molar-refractivity contribution in [2.75, 3.05) is 16.9 Å². The van der Waals surface area contributed by atoms with E-state index in [1.54, 1.807) is 36.1 Å². The minimum Gasteiger partial charge on any atom is -0.497 e. The lowest BCUT2D eigenvalue weighted by atomic mass is 10.1. The first-order valence-corrected chi connectivity index (χ1v) is 8.26. The van der Waals surface area contributed by atoms with Crippen molar-refractivity contribution in [3.63, 3.8) is 0 Å². The van der Waals surface area contributed by atoms with Gasteiger partial charge in [-0.15, -0.1) is 0 Å². The highest BCUT2D eigenvalue weighted by Gasteiger charge is 2.41. The Balaban J connectivity index is 2.03. The number of amides is 1. The van der Waals surface area contributed by atoms with Gasteiger partial charge in [0.2, 0.25) is 0 Å². The molecule has 0 N–H and O–H groups in total. The topological polar surface area (TPSA) is 56.6 Å². The summed E-state index contributed by atoms with van der Waals surface area (Å²) >= 11 is 0. The highest BCUT2D eigenvalue weighted by Crippen LogP contribution is 2.39. The Bertz CT molecular complexity index is 978. The smallest absolute Gasteiger partial charge is 0.417 e. The van der Waals surface area contributed by atoms with E-state index in [4.69, 9.17) is 10.00 Å². The van der Waals surface area contributed by atoms with Crippen LogP contribution in [0, 0.1) is 11.3 Å². The fourth-order valence-electron chi connectivity index (χ4n) is 3.15. The normalized spacial score (nSPS) is 17.1. The molecule has 3 rings (SSSR count). The van der Waals surface area contributed by atoms with Gasteiger partial charge in [-0.2, -0.15) is 18.4 Å². The first-order valence-electron chi connectivity index (χ1n) is 8.26. The minimum atomic E-state index is -4.72. The van der Waals surface area contributed by atoms with E-state index >= 15 is 0 Å². The fourth-order valence-corrected chi connectivity index (χ4v) is 3.15. The quantitative estimate of drug-likeness (QED) is 0.788. The second-order valence-electron chi connectivity index (χ2n) is 6.17. The van der Waals surface area contributed by atoms with Gasteiger partial charge in [0.15, 0.2) is 0 Å². The highest BCUT2D eigenvalue weighted by molar-refractivity contribution is 6.06. The first kappa shape index (κ1) is 19.3. The van der Waals surface area contributed by atoms with Gasteiger partial charge in [0.05, 0.1) is 30.0 Å². The SMILES string of the molecule is C=C1N(c2ccc(C#N)c(C(F)(F)F)c2)C(=O)C(C)N1c1ccc(OC)cc1. The molecular formula is C20H16F3N3O2. The summed E-state index contributed by atoms with van der Waals surface area (Å²) in [6, 6.07) is 10.9. The van der Waals surface area contributed by atoms with Crippen LogP contribution in [0.5, 0.6) is 5.75 Å². The van der Waals surface area contributed by atoms with Crippen molar-refractivity contribution in [2.45, 2.75) is 19.1 Å². The Kier molecular flexibility index (Phi) is 4.77. The van der Waals surface area contributed by atoms with Gasteiger partial charge in [-0.3, -0.25) is 9.69 Å². The highest BCUT2D eigenvalue weighted by atomic mass is 19.4. The van der Waals surface area contributed by atoms with Crippen LogP contribution >= 0.6 is 0 Å². The molecule has 28 heavy (non-hydrogen) atoms. The van der Waals surface area contributed by atoms with E-state index in [-0.39, 0.29) is 11.5 Å². The summed E-state index contributed by atoms with van der Waals surface area (Å²) in [5.41, 5.74) is -0.944. The van der Waals surface area contributed by atoms with Crippen LogP contribution in [0.15, 0.2) is 54.9 Å². The van der Waals surface area contributed by atoms with Crippen molar-refractivity contribution in [1.82, 2.24) is 0 Å². The van der Waals surface area contributed by atoms with Crippen LogP contribution in [-0.4, -0.2) is 19.1 Å². The van der Waals surface area contributed by atoms with Gasteiger partial charge in [-0.1, -0.05) is 6.58 Å². The van der Waals surface area contributed by atoms with E-state index < -0.39 is 29.3 Å². The summed E-state index contributed by atoms with van der Waals surface area (Å²) in [5, 5.41) is 8.95. The van der Waals surface area contributed by atoms with Crippen LogP contribution in [0.4, 0.5) is 24.5 Å². The molecule has 0 aromatic heterocycles. The number of anilines is 2. The lowest BCUT2D eigenvalue weighted by Gasteiger charge is -2.24. The van der Waals surface area contributed by atoms with Crippen LogP contribution < -0.4 is 14.5 Å². The molecule has 1 aliphatic heterocycles. The Morgan fingerprint density at radius 1 is 1.14 bits per heavy atom. The summed E-state index contributed by atoms with van der Waals surface area (Å²) < 4.78 is 45.0. The lowest BCUT2D eigenvalue weighted by molar-refractivity contribution is -0.137. The summed E-state index contributed by atoms with van der Waals surface area (Å²) in [4.78, 5) is 15.6. The number of nitriles is 1. The van der Waals surface area contributed by atoms with Crippen molar-refractivity contribution in [2.24, 2.45) is 0 Å². The summed E-state index contributed by atoms with van der Waals surface area (Å²) in [6.07, 6.45) is -4.72. The Hall–Kier alpha value is -3.47. The number of halogens is 3. The lowest BCUT2D eigenvalue weighted by Crippen LogP contribution is -2.29. The average molecular weight is 387 g/mol. The van der Waals surface area contributed by atoms with Gasteiger partial charge in [0.25, 0.3) is 5.91 Å². The van der Waals surface area contributed by atoms with Gasteiger partial charge in [-0.05, 0) is 49.4 Å². The zero-order valence-corrected chi connectivity index (χ0v) is 15.1. The van der Waals surface area contributed by atoms with Crippen LogP contribution in [0.3, 0.4) is 0 Å². The molecule has 144 valence electrons. The number of hydrogen-bond acceptors (Lipinski definition) is 4. The maximum atomic E-state index is 13.3. The molecule has 2 aromatic carbocycles. The van der Waals surface area contributed by atoms with Gasteiger partial charge < -0.3 is 9.64 Å². The first-order chi connectivity index (χ1) is 13.2. The van der Waals surface area contributed by atoms with Crippen molar-refractivity contribution < 1.29 is 22.7 Å². The molecule has 1 amide bonds. The molecule has 1 heterocycles. The number of rotatable bonds is 3. The predicted molar refractivity (Wildman–Crippen MR) is 97.7 cm³/mol. The standard InChI is InChI=1S/C20H16F3N3O2/c1-12-19(27)26(13(2)25(12)15-6-8-17(28-3)9-7-15)16-5-4-14(11-24)18(10-16)20(21,22)23/h4-10,12H,2H2,1,3H3. The second kappa shape index (κ2) is 6.93. The third kappa shape index (κ3) is 3.16. The minimum absolute atomic E-state index is 0.00388. The van der Waals surface area contributed by atoms with Gasteiger partial charge in [0.1, 0.15) is 17.6 Å². The van der Waals surface area contributed by atoms with Crippen molar-refractivity contribution in [3.8, 4) is 11.8 Å². The molecule has 5 nitrogen and oxygen atoms in total. The molecule has 0 spiro atoms. The molecule has 0 radical (unpaired) electrons. The van der Waals surface area contributed by atoms with Crippen LogP contribution in [-0.2, 0) is 11.0 Å². The summed E-state index contributed by atoms with van der Waals surface area (Å²) in [5.74, 6) is 0.436. The van der Waals surface area contributed by atoms with E-state index in [0.717, 1.165) is 17.0 Å². The molecule has 1 saturated heterocycles. The van der Waals surface area contributed by atoms with Crippen LogP contribution in [0.1, 0.15) is 18.1 Å². The fraction of sp³-hybridized carbons (Fsp3) is 0.200. The molecular weight excluding hydrogens is 371 g/mol. The third-order valence-corrected chi connectivity index (χ3v) is 4.54. The number of ether oxygens (including phenoxy) is 1. The predicted octanol–water partition coefficient (Wildman–Crippen LogP) is 4.30. The largest absolute Gasteiger partial charge is 0.497 e.